The molecular weight excluding hydrogens is 341 g/mol. The maximum Gasteiger partial charge on any atom is 0.191 e. The second-order valence-corrected chi connectivity index (χ2v) is 4.33. The summed E-state index contributed by atoms with van der Waals surface area (Å²) in [4.78, 5) is 8.57. The zero-order chi connectivity index (χ0) is 11.9. The number of nitrogens with one attached hydrogen (secondary N) is 2. The van der Waals surface area contributed by atoms with Crippen molar-refractivity contribution in [2.75, 3.05) is 13.1 Å². The second kappa shape index (κ2) is 8.34. The molecule has 1 aliphatic rings. The SMILES string of the molecule is CCNC(=NCCCn1ccnc1)NC1CC1.I. The van der Waals surface area contributed by atoms with E-state index in [4.69, 9.17) is 0 Å². The Morgan fingerprint density at radius 1 is 1.50 bits per heavy atom. The first-order valence-corrected chi connectivity index (χ1v) is 6.39. The summed E-state index contributed by atoms with van der Waals surface area (Å²) in [6, 6.07) is 0.654. The number of hydrogen-bond acceptors (Lipinski definition) is 2. The number of hydrogen-bond donors (Lipinski definition) is 2. The Labute approximate surface area is 125 Å². The predicted octanol–water partition coefficient (Wildman–Crippen LogP) is 1.61. The molecule has 1 fully saturated rings. The molecular formula is C12H22IN5. The zero-order valence-electron chi connectivity index (χ0n) is 10.8. The zero-order valence-corrected chi connectivity index (χ0v) is 13.1. The van der Waals surface area contributed by atoms with Crippen molar-refractivity contribution < 1.29 is 0 Å². The highest BCUT2D eigenvalue weighted by Gasteiger charge is 2.21. The highest BCUT2D eigenvalue weighted by molar-refractivity contribution is 14.0. The van der Waals surface area contributed by atoms with Crippen LogP contribution in [0.25, 0.3) is 0 Å². The Kier molecular flexibility index (Phi) is 7.07. The molecule has 2 N–H and O–H groups in total. The number of aliphatic imine (C=N–C) groups is 1. The lowest BCUT2D eigenvalue weighted by Crippen LogP contribution is -2.38. The van der Waals surface area contributed by atoms with Crippen molar-refractivity contribution in [3.05, 3.63) is 18.7 Å². The van der Waals surface area contributed by atoms with Crippen LogP contribution in [-0.4, -0.2) is 34.6 Å². The molecule has 18 heavy (non-hydrogen) atoms. The van der Waals surface area contributed by atoms with Crippen LogP contribution in [0.15, 0.2) is 23.7 Å². The highest BCUT2D eigenvalue weighted by Crippen LogP contribution is 2.18. The number of aromatic nitrogens is 2. The quantitative estimate of drug-likeness (QED) is 0.350. The van der Waals surface area contributed by atoms with Crippen molar-refractivity contribution in [3.8, 4) is 0 Å². The molecule has 0 bridgehead atoms. The average molecular weight is 363 g/mol. The van der Waals surface area contributed by atoms with E-state index in [-0.39, 0.29) is 24.0 Å². The summed E-state index contributed by atoms with van der Waals surface area (Å²) in [5.74, 6) is 0.959. The van der Waals surface area contributed by atoms with Crippen LogP contribution in [0.5, 0.6) is 0 Å². The third-order valence-corrected chi connectivity index (χ3v) is 2.67. The normalized spacial score (nSPS) is 15.1. The minimum absolute atomic E-state index is 0. The largest absolute Gasteiger partial charge is 0.357 e. The highest BCUT2D eigenvalue weighted by atomic mass is 127. The van der Waals surface area contributed by atoms with E-state index in [9.17, 15) is 0 Å². The minimum Gasteiger partial charge on any atom is -0.357 e. The van der Waals surface area contributed by atoms with E-state index in [1.54, 1.807) is 0 Å². The molecule has 5 nitrogen and oxygen atoms in total. The predicted molar refractivity (Wildman–Crippen MR) is 84.4 cm³/mol. The number of halogens is 1. The minimum atomic E-state index is 0. The number of aryl methyl sites for hydroxylation is 1. The Morgan fingerprint density at radius 3 is 2.94 bits per heavy atom. The fraction of sp³-hybridized carbons (Fsp3) is 0.667. The monoisotopic (exact) mass is 363 g/mol. The number of rotatable bonds is 6. The summed E-state index contributed by atoms with van der Waals surface area (Å²) in [5, 5.41) is 6.67. The maximum absolute atomic E-state index is 4.55. The molecule has 102 valence electrons. The molecule has 1 saturated carbocycles. The van der Waals surface area contributed by atoms with Crippen LogP contribution < -0.4 is 10.6 Å². The van der Waals surface area contributed by atoms with Gasteiger partial charge in [-0.1, -0.05) is 0 Å². The van der Waals surface area contributed by atoms with Crippen LogP contribution in [0.4, 0.5) is 0 Å². The average Bonchev–Trinajstić information content (AvgIpc) is 2.98. The lowest BCUT2D eigenvalue weighted by atomic mass is 10.4. The van der Waals surface area contributed by atoms with Gasteiger partial charge in [-0.05, 0) is 26.2 Å². The first-order chi connectivity index (χ1) is 8.38. The van der Waals surface area contributed by atoms with Crippen LogP contribution in [0.3, 0.4) is 0 Å². The molecule has 0 radical (unpaired) electrons. The van der Waals surface area contributed by atoms with Gasteiger partial charge in [0, 0.05) is 38.1 Å². The Bertz CT molecular complexity index is 345. The van der Waals surface area contributed by atoms with Gasteiger partial charge in [0.2, 0.25) is 0 Å². The molecule has 0 atom stereocenters. The third-order valence-electron chi connectivity index (χ3n) is 2.67. The molecule has 0 spiro atoms. The summed E-state index contributed by atoms with van der Waals surface area (Å²) >= 11 is 0. The van der Waals surface area contributed by atoms with Gasteiger partial charge >= 0.3 is 0 Å². The van der Waals surface area contributed by atoms with Crippen molar-refractivity contribution in [1.29, 1.82) is 0 Å². The molecule has 2 rings (SSSR count). The molecule has 1 heterocycles. The van der Waals surface area contributed by atoms with Gasteiger partial charge in [-0.15, -0.1) is 24.0 Å². The molecule has 0 amide bonds. The van der Waals surface area contributed by atoms with Gasteiger partial charge in [0.15, 0.2) is 5.96 Å². The summed E-state index contributed by atoms with van der Waals surface area (Å²) < 4.78 is 2.08. The summed E-state index contributed by atoms with van der Waals surface area (Å²) in [6.07, 6.45) is 9.23. The van der Waals surface area contributed by atoms with Gasteiger partial charge in [0.05, 0.1) is 6.33 Å². The van der Waals surface area contributed by atoms with Crippen LogP contribution in [0, 0.1) is 0 Å². The lowest BCUT2D eigenvalue weighted by molar-refractivity contribution is 0.647. The van der Waals surface area contributed by atoms with Crippen LogP contribution in [-0.2, 0) is 6.54 Å². The molecule has 0 aliphatic heterocycles. The Balaban J connectivity index is 0.00000162. The van der Waals surface area contributed by atoms with E-state index in [1.165, 1.54) is 12.8 Å². The van der Waals surface area contributed by atoms with E-state index in [2.05, 4.69) is 32.1 Å². The van der Waals surface area contributed by atoms with Crippen molar-refractivity contribution in [2.24, 2.45) is 4.99 Å². The first kappa shape index (κ1) is 15.3. The molecule has 1 aliphatic carbocycles. The van der Waals surface area contributed by atoms with Gasteiger partial charge in [-0.3, -0.25) is 4.99 Å². The lowest BCUT2D eigenvalue weighted by Gasteiger charge is -2.10. The van der Waals surface area contributed by atoms with Crippen molar-refractivity contribution in [3.63, 3.8) is 0 Å². The van der Waals surface area contributed by atoms with Crippen LogP contribution in [0.2, 0.25) is 0 Å². The van der Waals surface area contributed by atoms with E-state index >= 15 is 0 Å². The summed E-state index contributed by atoms with van der Waals surface area (Å²) in [6.45, 7) is 4.84. The van der Waals surface area contributed by atoms with Crippen molar-refractivity contribution in [2.45, 2.75) is 38.8 Å². The standard InChI is InChI=1S/C12H21N5.HI/c1-2-14-12(16-11-4-5-11)15-6-3-8-17-9-7-13-10-17;/h7,9-11H,2-6,8H2,1H3,(H2,14,15,16);1H. The number of nitrogens with zero attached hydrogens (tertiary/aromatic N) is 3. The molecule has 0 aromatic carbocycles. The Hall–Kier alpha value is -0.790. The topological polar surface area (TPSA) is 54.2 Å². The Morgan fingerprint density at radius 2 is 2.33 bits per heavy atom. The van der Waals surface area contributed by atoms with Crippen molar-refractivity contribution in [1.82, 2.24) is 20.2 Å². The van der Waals surface area contributed by atoms with Gasteiger partial charge in [-0.2, -0.15) is 0 Å². The fourth-order valence-electron chi connectivity index (χ4n) is 1.60. The third kappa shape index (κ3) is 5.70. The van der Waals surface area contributed by atoms with E-state index in [0.717, 1.165) is 32.0 Å². The summed E-state index contributed by atoms with van der Waals surface area (Å²) in [5.41, 5.74) is 0. The molecule has 1 aromatic heterocycles. The second-order valence-electron chi connectivity index (χ2n) is 4.33. The van der Waals surface area contributed by atoms with Crippen molar-refractivity contribution >= 4 is 29.9 Å². The van der Waals surface area contributed by atoms with Gasteiger partial charge in [0.25, 0.3) is 0 Å². The van der Waals surface area contributed by atoms with Gasteiger partial charge in [0.1, 0.15) is 0 Å². The fourth-order valence-corrected chi connectivity index (χ4v) is 1.60. The van der Waals surface area contributed by atoms with Crippen LogP contribution >= 0.6 is 24.0 Å². The van der Waals surface area contributed by atoms with E-state index < -0.39 is 0 Å². The van der Waals surface area contributed by atoms with Crippen LogP contribution in [0.1, 0.15) is 26.2 Å². The van der Waals surface area contributed by atoms with E-state index in [0.29, 0.717) is 6.04 Å². The maximum atomic E-state index is 4.55. The molecule has 1 aromatic rings. The number of guanidine groups is 1. The smallest absolute Gasteiger partial charge is 0.191 e. The molecule has 0 saturated heterocycles. The molecule has 6 heteroatoms. The summed E-state index contributed by atoms with van der Waals surface area (Å²) in [7, 11) is 0. The van der Waals surface area contributed by atoms with Gasteiger partial charge < -0.3 is 15.2 Å². The first-order valence-electron chi connectivity index (χ1n) is 6.39. The molecule has 0 unspecified atom stereocenters. The van der Waals surface area contributed by atoms with Gasteiger partial charge in [-0.25, -0.2) is 4.98 Å². The van der Waals surface area contributed by atoms with E-state index in [1.807, 2.05) is 18.7 Å². The number of imidazole rings is 1.